The normalized spacial score (nSPS) is 16.6. The molecule has 1 heterocycles. The maximum Gasteiger partial charge on any atom is 0.258 e. The molecule has 1 atom stereocenters. The Morgan fingerprint density at radius 2 is 1.92 bits per heavy atom. The summed E-state index contributed by atoms with van der Waals surface area (Å²) < 4.78 is 0. The van der Waals surface area contributed by atoms with Crippen molar-refractivity contribution >= 4 is 23.2 Å². The molecule has 0 radical (unpaired) electrons. The highest BCUT2D eigenvalue weighted by Crippen LogP contribution is 2.18. The van der Waals surface area contributed by atoms with Crippen LogP contribution in [-0.4, -0.2) is 31.4 Å². The molecule has 2 aromatic carbocycles. The monoisotopic (exact) mass is 323 g/mol. The molecule has 1 fully saturated rings. The molecule has 0 bridgehead atoms. The zero-order chi connectivity index (χ0) is 16.9. The Bertz CT molecular complexity index is 724. The molecule has 2 amide bonds. The summed E-state index contributed by atoms with van der Waals surface area (Å²) in [4.78, 5) is 26.4. The molecular weight excluding hydrogens is 302 g/mol. The van der Waals surface area contributed by atoms with Crippen molar-refractivity contribution < 1.29 is 9.59 Å². The predicted molar refractivity (Wildman–Crippen MR) is 95.3 cm³/mol. The van der Waals surface area contributed by atoms with Crippen molar-refractivity contribution in [3.05, 3.63) is 60.2 Å². The first-order chi connectivity index (χ1) is 11.6. The van der Waals surface area contributed by atoms with Gasteiger partial charge in [-0.3, -0.25) is 9.59 Å². The number of nitrogens with one attached hydrogen (secondary N) is 2. The fourth-order valence-electron chi connectivity index (χ4n) is 2.83. The first-order valence-electron chi connectivity index (χ1n) is 8.12. The largest absolute Gasteiger partial charge is 0.325 e. The summed E-state index contributed by atoms with van der Waals surface area (Å²) in [6, 6.07) is 16.4. The summed E-state index contributed by atoms with van der Waals surface area (Å²) in [7, 11) is 1.74. The van der Waals surface area contributed by atoms with Crippen molar-refractivity contribution in [2.45, 2.75) is 18.9 Å². The van der Waals surface area contributed by atoms with Gasteiger partial charge in [-0.05, 0) is 49.7 Å². The average molecular weight is 323 g/mol. The van der Waals surface area contributed by atoms with Crippen LogP contribution >= 0.6 is 0 Å². The molecule has 1 aliphatic rings. The molecule has 2 N–H and O–H groups in total. The van der Waals surface area contributed by atoms with Gasteiger partial charge < -0.3 is 15.5 Å². The Kier molecular flexibility index (Phi) is 4.91. The van der Waals surface area contributed by atoms with E-state index in [9.17, 15) is 9.59 Å². The van der Waals surface area contributed by atoms with E-state index < -0.39 is 0 Å². The summed E-state index contributed by atoms with van der Waals surface area (Å²) in [5, 5.41) is 6.05. The number of carbonyl (C=O) groups is 2. The first-order valence-corrected chi connectivity index (χ1v) is 8.12. The standard InChI is InChI=1S/C19H21N3O2/c1-22(16-9-3-2-4-10-16)19(24)14-7-5-8-15(13-14)21-18(23)17-11-6-12-20-17/h2-5,7-10,13,17,20H,6,11-12H2,1H3,(H,21,23). The van der Waals surface area contributed by atoms with Crippen molar-refractivity contribution in [1.82, 2.24) is 5.32 Å². The van der Waals surface area contributed by atoms with E-state index in [1.165, 1.54) is 0 Å². The van der Waals surface area contributed by atoms with Crippen LogP contribution < -0.4 is 15.5 Å². The van der Waals surface area contributed by atoms with Gasteiger partial charge in [-0.15, -0.1) is 0 Å². The van der Waals surface area contributed by atoms with Gasteiger partial charge in [0.2, 0.25) is 5.91 Å². The molecule has 0 saturated carbocycles. The van der Waals surface area contributed by atoms with Crippen LogP contribution in [0.3, 0.4) is 0 Å². The zero-order valence-corrected chi connectivity index (χ0v) is 13.7. The number of anilines is 2. The maximum atomic E-state index is 12.6. The lowest BCUT2D eigenvalue weighted by molar-refractivity contribution is -0.117. The summed E-state index contributed by atoms with van der Waals surface area (Å²) in [5.74, 6) is -0.162. The number of carbonyl (C=O) groups excluding carboxylic acids is 2. The molecule has 124 valence electrons. The molecule has 1 saturated heterocycles. The minimum absolute atomic E-state index is 0.0477. The maximum absolute atomic E-state index is 12.6. The Hall–Kier alpha value is -2.66. The molecule has 0 spiro atoms. The molecule has 0 aliphatic carbocycles. The fourth-order valence-corrected chi connectivity index (χ4v) is 2.83. The lowest BCUT2D eigenvalue weighted by Gasteiger charge is -2.18. The molecule has 1 aliphatic heterocycles. The van der Waals surface area contributed by atoms with Crippen LogP contribution in [0.1, 0.15) is 23.2 Å². The van der Waals surface area contributed by atoms with Gasteiger partial charge in [-0.1, -0.05) is 24.3 Å². The van der Waals surface area contributed by atoms with Crippen molar-refractivity contribution in [1.29, 1.82) is 0 Å². The fraction of sp³-hybridized carbons (Fsp3) is 0.263. The van der Waals surface area contributed by atoms with Crippen LogP contribution in [-0.2, 0) is 4.79 Å². The van der Waals surface area contributed by atoms with Gasteiger partial charge in [0.05, 0.1) is 6.04 Å². The molecule has 1 unspecified atom stereocenters. The Morgan fingerprint density at radius 1 is 1.12 bits per heavy atom. The Balaban J connectivity index is 1.72. The molecule has 3 rings (SSSR count). The Labute approximate surface area is 141 Å². The molecule has 24 heavy (non-hydrogen) atoms. The van der Waals surface area contributed by atoms with E-state index in [0.29, 0.717) is 11.3 Å². The van der Waals surface area contributed by atoms with Gasteiger partial charge in [0.25, 0.3) is 5.91 Å². The lowest BCUT2D eigenvalue weighted by atomic mass is 10.1. The molecule has 5 nitrogen and oxygen atoms in total. The quantitative estimate of drug-likeness (QED) is 0.909. The second-order valence-corrected chi connectivity index (χ2v) is 5.92. The van der Waals surface area contributed by atoms with Gasteiger partial charge >= 0.3 is 0 Å². The third-order valence-electron chi connectivity index (χ3n) is 4.20. The average Bonchev–Trinajstić information content (AvgIpc) is 3.16. The number of amides is 2. The third kappa shape index (κ3) is 3.63. The number of hydrogen-bond acceptors (Lipinski definition) is 3. The first kappa shape index (κ1) is 16.2. The van der Waals surface area contributed by atoms with Crippen molar-refractivity contribution in [3.63, 3.8) is 0 Å². The minimum atomic E-state index is -0.142. The molecular formula is C19H21N3O2. The van der Waals surface area contributed by atoms with Crippen LogP contribution in [0.4, 0.5) is 11.4 Å². The topological polar surface area (TPSA) is 61.4 Å². The molecule has 0 aromatic heterocycles. The molecule has 2 aromatic rings. The van der Waals surface area contributed by atoms with Crippen LogP contribution in [0.2, 0.25) is 0 Å². The van der Waals surface area contributed by atoms with Crippen LogP contribution in [0.25, 0.3) is 0 Å². The van der Waals surface area contributed by atoms with Gasteiger partial charge in [0, 0.05) is 24.0 Å². The van der Waals surface area contributed by atoms with E-state index >= 15 is 0 Å². The van der Waals surface area contributed by atoms with E-state index in [-0.39, 0.29) is 17.9 Å². The highest BCUT2D eigenvalue weighted by atomic mass is 16.2. The van der Waals surface area contributed by atoms with Crippen LogP contribution in [0.5, 0.6) is 0 Å². The predicted octanol–water partition coefficient (Wildman–Crippen LogP) is 2.65. The van der Waals surface area contributed by atoms with E-state index in [0.717, 1.165) is 25.1 Å². The van der Waals surface area contributed by atoms with Gasteiger partial charge in [0.1, 0.15) is 0 Å². The van der Waals surface area contributed by atoms with Crippen molar-refractivity contribution in [3.8, 4) is 0 Å². The number of hydrogen-bond donors (Lipinski definition) is 2. The van der Waals surface area contributed by atoms with Gasteiger partial charge in [-0.2, -0.15) is 0 Å². The number of para-hydroxylation sites is 1. The number of rotatable bonds is 4. The minimum Gasteiger partial charge on any atom is -0.325 e. The summed E-state index contributed by atoms with van der Waals surface area (Å²) in [6.45, 7) is 0.873. The summed E-state index contributed by atoms with van der Waals surface area (Å²) >= 11 is 0. The van der Waals surface area contributed by atoms with Gasteiger partial charge in [-0.25, -0.2) is 0 Å². The second-order valence-electron chi connectivity index (χ2n) is 5.92. The van der Waals surface area contributed by atoms with E-state index in [4.69, 9.17) is 0 Å². The SMILES string of the molecule is CN(C(=O)c1cccc(NC(=O)C2CCCN2)c1)c1ccccc1. The van der Waals surface area contributed by atoms with Crippen molar-refractivity contribution in [2.75, 3.05) is 23.8 Å². The van der Waals surface area contributed by atoms with Crippen LogP contribution in [0.15, 0.2) is 54.6 Å². The van der Waals surface area contributed by atoms with Crippen molar-refractivity contribution in [2.24, 2.45) is 0 Å². The van der Waals surface area contributed by atoms with E-state index in [1.54, 1.807) is 36.2 Å². The zero-order valence-electron chi connectivity index (χ0n) is 13.7. The highest BCUT2D eigenvalue weighted by Gasteiger charge is 2.22. The molecule has 5 heteroatoms. The van der Waals surface area contributed by atoms with E-state index in [2.05, 4.69) is 10.6 Å². The van der Waals surface area contributed by atoms with Gasteiger partial charge in [0.15, 0.2) is 0 Å². The number of benzene rings is 2. The summed E-state index contributed by atoms with van der Waals surface area (Å²) in [6.07, 6.45) is 1.86. The Morgan fingerprint density at radius 3 is 2.62 bits per heavy atom. The van der Waals surface area contributed by atoms with Crippen LogP contribution in [0, 0.1) is 0 Å². The third-order valence-corrected chi connectivity index (χ3v) is 4.20. The smallest absolute Gasteiger partial charge is 0.258 e. The second kappa shape index (κ2) is 7.27. The van der Waals surface area contributed by atoms with E-state index in [1.807, 2.05) is 30.3 Å². The highest BCUT2D eigenvalue weighted by molar-refractivity contribution is 6.06. The lowest BCUT2D eigenvalue weighted by Crippen LogP contribution is -2.35. The summed E-state index contributed by atoms with van der Waals surface area (Å²) in [5.41, 5.74) is 2.01. The number of nitrogens with zero attached hydrogens (tertiary/aromatic N) is 1.